The molecule has 0 bridgehead atoms. The van der Waals surface area contributed by atoms with Gasteiger partial charge in [0, 0.05) is 35.9 Å². The number of aromatic amines is 1. The predicted molar refractivity (Wildman–Crippen MR) is 108 cm³/mol. The predicted octanol–water partition coefficient (Wildman–Crippen LogP) is 3.87. The summed E-state index contributed by atoms with van der Waals surface area (Å²) in [6, 6.07) is 10.0. The number of anilines is 3. The monoisotopic (exact) mass is 361 g/mol. The molecule has 7 nitrogen and oxygen atoms in total. The minimum Gasteiger partial charge on any atom is -0.340 e. The van der Waals surface area contributed by atoms with E-state index in [1.807, 2.05) is 36.5 Å². The van der Waals surface area contributed by atoms with Crippen molar-refractivity contribution in [1.29, 1.82) is 5.41 Å². The minimum absolute atomic E-state index is 0.531. The molecular formula is C20H23N7. The average Bonchev–Trinajstić information content (AvgIpc) is 3.16. The number of hydrogen-bond acceptors (Lipinski definition) is 6. The van der Waals surface area contributed by atoms with E-state index in [4.69, 9.17) is 5.41 Å². The summed E-state index contributed by atoms with van der Waals surface area (Å²) in [4.78, 5) is 11.2. The van der Waals surface area contributed by atoms with Gasteiger partial charge in [0.15, 0.2) is 0 Å². The first-order chi connectivity index (χ1) is 13.2. The Kier molecular flexibility index (Phi) is 4.82. The highest BCUT2D eigenvalue weighted by Crippen LogP contribution is 2.23. The van der Waals surface area contributed by atoms with Crippen LogP contribution in [-0.2, 0) is 0 Å². The first-order valence-corrected chi connectivity index (χ1v) is 9.18. The van der Waals surface area contributed by atoms with Crippen molar-refractivity contribution >= 4 is 23.2 Å². The number of rotatable bonds is 4. The van der Waals surface area contributed by atoms with Crippen molar-refractivity contribution < 1.29 is 0 Å². The highest BCUT2D eigenvalue weighted by atomic mass is 15.3. The number of nitrogens with one attached hydrogen (secondary N) is 3. The van der Waals surface area contributed by atoms with E-state index in [1.54, 1.807) is 12.4 Å². The highest BCUT2D eigenvalue weighted by molar-refractivity contribution is 5.86. The fourth-order valence-electron chi connectivity index (χ4n) is 3.29. The number of aromatic nitrogens is 4. The zero-order chi connectivity index (χ0) is 18.6. The normalized spacial score (nSPS) is 17.6. The molecule has 1 aliphatic heterocycles. The summed E-state index contributed by atoms with van der Waals surface area (Å²) < 4.78 is 0. The standard InChI is InChI=1S/C20H23N7/c1-14-2-5-17(21)13-27(12-14)20-22-9-8-19(26-20)25-18-6-3-15(4-7-18)16-10-23-24-11-16/h3-4,6-11,14,21H,2,5,12-13H2,1H3,(H,23,24)(H,22,25,26). The molecule has 0 amide bonds. The SMILES string of the molecule is CC1CCC(=N)CN(c2nccc(Nc3ccc(-c4cn[nH]c4)cc3)n2)C1. The largest absolute Gasteiger partial charge is 0.340 e. The lowest BCUT2D eigenvalue weighted by molar-refractivity contribution is 0.552. The van der Waals surface area contributed by atoms with Crippen molar-refractivity contribution in [2.24, 2.45) is 5.92 Å². The summed E-state index contributed by atoms with van der Waals surface area (Å²) in [7, 11) is 0. The van der Waals surface area contributed by atoms with E-state index in [1.165, 1.54) is 0 Å². The van der Waals surface area contributed by atoms with Gasteiger partial charge in [-0.3, -0.25) is 5.10 Å². The van der Waals surface area contributed by atoms with Crippen molar-refractivity contribution in [3.8, 4) is 11.1 Å². The quantitative estimate of drug-likeness (QED) is 0.656. The molecule has 3 N–H and O–H groups in total. The number of nitrogens with zero attached hydrogens (tertiary/aromatic N) is 4. The van der Waals surface area contributed by atoms with E-state index in [0.29, 0.717) is 18.4 Å². The molecular weight excluding hydrogens is 338 g/mol. The maximum absolute atomic E-state index is 8.09. The minimum atomic E-state index is 0.531. The van der Waals surface area contributed by atoms with Gasteiger partial charge in [0.1, 0.15) is 5.82 Å². The van der Waals surface area contributed by atoms with Crippen molar-refractivity contribution in [1.82, 2.24) is 20.2 Å². The molecule has 0 saturated carbocycles. The van der Waals surface area contributed by atoms with E-state index in [2.05, 4.69) is 37.3 Å². The van der Waals surface area contributed by atoms with Crippen LogP contribution >= 0.6 is 0 Å². The molecule has 1 fully saturated rings. The maximum Gasteiger partial charge on any atom is 0.227 e. The fraction of sp³-hybridized carbons (Fsp3) is 0.300. The summed E-state index contributed by atoms with van der Waals surface area (Å²) in [5.41, 5.74) is 3.87. The van der Waals surface area contributed by atoms with Crippen LogP contribution in [0.25, 0.3) is 11.1 Å². The second-order valence-corrected chi connectivity index (χ2v) is 7.06. The third-order valence-corrected chi connectivity index (χ3v) is 4.77. The van der Waals surface area contributed by atoms with E-state index in [0.717, 1.165) is 47.7 Å². The Bertz CT molecular complexity index is 902. The van der Waals surface area contributed by atoms with Crippen LogP contribution in [0.3, 0.4) is 0 Å². The van der Waals surface area contributed by atoms with Crippen molar-refractivity contribution in [3.05, 3.63) is 48.9 Å². The van der Waals surface area contributed by atoms with Gasteiger partial charge < -0.3 is 15.6 Å². The molecule has 3 heterocycles. The van der Waals surface area contributed by atoms with E-state index in [-0.39, 0.29) is 0 Å². The lowest BCUT2D eigenvalue weighted by atomic mass is 10.1. The van der Waals surface area contributed by atoms with Gasteiger partial charge in [0.2, 0.25) is 5.95 Å². The smallest absolute Gasteiger partial charge is 0.227 e. The molecule has 2 aromatic heterocycles. The third kappa shape index (κ3) is 4.13. The second kappa shape index (κ2) is 7.57. The molecule has 0 radical (unpaired) electrons. The van der Waals surface area contributed by atoms with Gasteiger partial charge in [0.25, 0.3) is 0 Å². The molecule has 4 rings (SSSR count). The van der Waals surface area contributed by atoms with Gasteiger partial charge in [-0.25, -0.2) is 4.98 Å². The van der Waals surface area contributed by atoms with Crippen LogP contribution in [0.5, 0.6) is 0 Å². The Balaban J connectivity index is 1.50. The zero-order valence-corrected chi connectivity index (χ0v) is 15.3. The molecule has 1 atom stereocenters. The van der Waals surface area contributed by atoms with Crippen LogP contribution in [-0.4, -0.2) is 39.0 Å². The average molecular weight is 361 g/mol. The fourth-order valence-corrected chi connectivity index (χ4v) is 3.29. The molecule has 0 spiro atoms. The summed E-state index contributed by atoms with van der Waals surface area (Å²) in [5, 5.41) is 18.2. The summed E-state index contributed by atoms with van der Waals surface area (Å²) in [6.45, 7) is 3.70. The Morgan fingerprint density at radius 3 is 2.81 bits per heavy atom. The Morgan fingerprint density at radius 1 is 1.19 bits per heavy atom. The third-order valence-electron chi connectivity index (χ3n) is 4.77. The van der Waals surface area contributed by atoms with Gasteiger partial charge in [-0.05, 0) is 42.5 Å². The van der Waals surface area contributed by atoms with E-state index in [9.17, 15) is 0 Å². The highest BCUT2D eigenvalue weighted by Gasteiger charge is 2.20. The van der Waals surface area contributed by atoms with E-state index < -0.39 is 0 Å². The van der Waals surface area contributed by atoms with E-state index >= 15 is 0 Å². The Morgan fingerprint density at radius 2 is 2.04 bits per heavy atom. The summed E-state index contributed by atoms with van der Waals surface area (Å²) >= 11 is 0. The molecule has 1 aliphatic rings. The first kappa shape index (κ1) is 17.2. The number of hydrogen-bond donors (Lipinski definition) is 3. The Hall–Kier alpha value is -3.22. The van der Waals surface area contributed by atoms with Crippen molar-refractivity contribution in [2.75, 3.05) is 23.3 Å². The molecule has 1 aromatic carbocycles. The van der Waals surface area contributed by atoms with Crippen molar-refractivity contribution in [3.63, 3.8) is 0 Å². The van der Waals surface area contributed by atoms with Crippen LogP contribution in [0.4, 0.5) is 17.5 Å². The number of benzene rings is 1. The maximum atomic E-state index is 8.09. The number of H-pyrrole nitrogens is 1. The van der Waals surface area contributed by atoms with Crippen LogP contribution in [0.2, 0.25) is 0 Å². The molecule has 3 aromatic rings. The summed E-state index contributed by atoms with van der Waals surface area (Å²) in [6.07, 6.45) is 7.36. The van der Waals surface area contributed by atoms with Gasteiger partial charge >= 0.3 is 0 Å². The first-order valence-electron chi connectivity index (χ1n) is 9.18. The van der Waals surface area contributed by atoms with Crippen molar-refractivity contribution in [2.45, 2.75) is 19.8 Å². The van der Waals surface area contributed by atoms with Crippen LogP contribution in [0.1, 0.15) is 19.8 Å². The summed E-state index contributed by atoms with van der Waals surface area (Å²) in [5.74, 6) is 1.96. The zero-order valence-electron chi connectivity index (χ0n) is 15.3. The van der Waals surface area contributed by atoms with Crippen LogP contribution < -0.4 is 10.2 Å². The molecule has 27 heavy (non-hydrogen) atoms. The molecule has 138 valence electrons. The van der Waals surface area contributed by atoms with Crippen LogP contribution in [0, 0.1) is 11.3 Å². The lowest BCUT2D eigenvalue weighted by Crippen LogP contribution is -2.31. The van der Waals surface area contributed by atoms with Gasteiger partial charge in [-0.15, -0.1) is 0 Å². The van der Waals surface area contributed by atoms with Gasteiger partial charge in [0.05, 0.1) is 12.7 Å². The Labute approximate surface area is 158 Å². The second-order valence-electron chi connectivity index (χ2n) is 7.06. The molecule has 1 unspecified atom stereocenters. The molecule has 7 heteroatoms. The lowest BCUT2D eigenvalue weighted by Gasteiger charge is -2.22. The molecule has 0 aliphatic carbocycles. The van der Waals surface area contributed by atoms with Gasteiger partial charge in [-0.2, -0.15) is 10.1 Å². The van der Waals surface area contributed by atoms with Gasteiger partial charge in [-0.1, -0.05) is 19.1 Å². The van der Waals surface area contributed by atoms with Crippen LogP contribution in [0.15, 0.2) is 48.9 Å². The topological polar surface area (TPSA) is 93.6 Å². The molecule has 1 saturated heterocycles.